The number of benzodiazepines with no additional fused rings is 1. The Balaban J connectivity index is 2.43. The predicted octanol–water partition coefficient (Wildman–Crippen LogP) is 1.43. The molecule has 1 aliphatic heterocycles. The van der Waals surface area contributed by atoms with Gasteiger partial charge in [-0.2, -0.15) is 0 Å². The number of anilines is 1. The Labute approximate surface area is 102 Å². The molecule has 0 spiro atoms. The van der Waals surface area contributed by atoms with Crippen LogP contribution in [-0.2, 0) is 9.59 Å². The monoisotopic (exact) mass is 250 g/mol. The average molecular weight is 250 g/mol. The molecular weight excluding hydrogens is 239 g/mol. The largest absolute Gasteiger partial charge is 0.481 e. The van der Waals surface area contributed by atoms with Gasteiger partial charge in [0.25, 0.3) is 0 Å². The minimum absolute atomic E-state index is 0.389. The van der Waals surface area contributed by atoms with Crippen molar-refractivity contribution in [1.82, 2.24) is 0 Å². The van der Waals surface area contributed by atoms with Crippen LogP contribution in [0.15, 0.2) is 23.2 Å². The van der Waals surface area contributed by atoms with Gasteiger partial charge in [-0.15, -0.1) is 0 Å². The summed E-state index contributed by atoms with van der Waals surface area (Å²) in [6.07, 6.45) is -0.389. The molecule has 18 heavy (non-hydrogen) atoms. The number of carboxylic acids is 1. The van der Waals surface area contributed by atoms with E-state index in [0.717, 1.165) is 0 Å². The maximum atomic E-state index is 13.1. The quantitative estimate of drug-likeness (QED) is 0.833. The molecule has 2 rings (SSSR count). The summed E-state index contributed by atoms with van der Waals surface area (Å²) in [5.41, 5.74) is 1.35. The molecular formula is C12H11FN2O3. The highest BCUT2D eigenvalue weighted by Gasteiger charge is 2.25. The van der Waals surface area contributed by atoms with Gasteiger partial charge in [0.2, 0.25) is 5.91 Å². The molecule has 1 aromatic carbocycles. The lowest BCUT2D eigenvalue weighted by atomic mass is 10.1. The summed E-state index contributed by atoms with van der Waals surface area (Å²) in [7, 11) is 0. The van der Waals surface area contributed by atoms with Crippen LogP contribution in [0.2, 0.25) is 0 Å². The van der Waals surface area contributed by atoms with Gasteiger partial charge in [-0.05, 0) is 25.1 Å². The first kappa shape index (κ1) is 12.2. The lowest BCUT2D eigenvalue weighted by Gasteiger charge is -2.08. The number of fused-ring (bicyclic) bond motifs is 1. The number of hydrogen-bond acceptors (Lipinski definition) is 3. The van der Waals surface area contributed by atoms with Crippen LogP contribution < -0.4 is 5.32 Å². The first-order valence-electron chi connectivity index (χ1n) is 5.34. The van der Waals surface area contributed by atoms with E-state index in [1.807, 2.05) is 0 Å². The topological polar surface area (TPSA) is 78.8 Å². The number of benzene rings is 1. The van der Waals surface area contributed by atoms with E-state index in [1.54, 1.807) is 6.92 Å². The van der Waals surface area contributed by atoms with Gasteiger partial charge in [0.05, 0.1) is 12.1 Å². The van der Waals surface area contributed by atoms with Gasteiger partial charge in [0, 0.05) is 11.3 Å². The fraction of sp³-hybridized carbons (Fsp3) is 0.250. The Hall–Kier alpha value is -2.24. The summed E-state index contributed by atoms with van der Waals surface area (Å²) in [6, 6.07) is 2.93. The fourth-order valence-electron chi connectivity index (χ4n) is 1.81. The van der Waals surface area contributed by atoms with Crippen LogP contribution in [0.3, 0.4) is 0 Å². The number of nitrogens with zero attached hydrogens (tertiary/aromatic N) is 1. The summed E-state index contributed by atoms with van der Waals surface area (Å²) < 4.78 is 13.1. The zero-order valence-corrected chi connectivity index (χ0v) is 9.61. The zero-order valence-electron chi connectivity index (χ0n) is 9.61. The molecule has 0 saturated carbocycles. The van der Waals surface area contributed by atoms with Gasteiger partial charge in [-0.3, -0.25) is 14.6 Å². The maximum Gasteiger partial charge on any atom is 0.306 e. The standard InChI is InChI=1S/C12H11FN2O3/c1-6-8-4-7(13)2-3-9(8)15-12(18)10(14-6)5-11(16)17/h2-4,10H,5H2,1H3,(H,15,18)(H,16,17)/t10-/m0/s1. The second-order valence-corrected chi connectivity index (χ2v) is 4.01. The summed E-state index contributed by atoms with van der Waals surface area (Å²) in [4.78, 5) is 26.5. The number of aliphatic imine (C=N–C) groups is 1. The molecule has 0 unspecified atom stereocenters. The highest BCUT2D eigenvalue weighted by Crippen LogP contribution is 2.22. The van der Waals surface area contributed by atoms with Crippen LogP contribution in [0.5, 0.6) is 0 Å². The number of hydrogen-bond donors (Lipinski definition) is 2. The SMILES string of the molecule is CC1=N[C@@H](CC(=O)O)C(=O)Nc2ccc(F)cc21. The van der Waals surface area contributed by atoms with Gasteiger partial charge in [0.15, 0.2) is 0 Å². The molecule has 0 radical (unpaired) electrons. The van der Waals surface area contributed by atoms with Gasteiger partial charge in [0.1, 0.15) is 11.9 Å². The van der Waals surface area contributed by atoms with Crippen molar-refractivity contribution in [3.05, 3.63) is 29.6 Å². The second-order valence-electron chi connectivity index (χ2n) is 4.01. The molecule has 0 saturated heterocycles. The van der Waals surface area contributed by atoms with Crippen molar-refractivity contribution >= 4 is 23.3 Å². The molecule has 1 amide bonds. The highest BCUT2D eigenvalue weighted by molar-refractivity contribution is 6.11. The summed E-state index contributed by atoms with van der Waals surface area (Å²) >= 11 is 0. The van der Waals surface area contributed by atoms with Gasteiger partial charge >= 0.3 is 5.97 Å². The minimum atomic E-state index is -1.11. The third-order valence-corrected chi connectivity index (χ3v) is 2.65. The van der Waals surface area contributed by atoms with Crippen molar-refractivity contribution in [2.24, 2.45) is 4.99 Å². The van der Waals surface area contributed by atoms with E-state index in [4.69, 9.17) is 5.11 Å². The maximum absolute atomic E-state index is 13.1. The van der Waals surface area contributed by atoms with E-state index in [1.165, 1.54) is 18.2 Å². The molecule has 1 aromatic rings. The van der Waals surface area contributed by atoms with Gasteiger partial charge in [-0.25, -0.2) is 4.39 Å². The lowest BCUT2D eigenvalue weighted by Crippen LogP contribution is -2.27. The highest BCUT2D eigenvalue weighted by atomic mass is 19.1. The summed E-state index contributed by atoms with van der Waals surface area (Å²) in [5.74, 6) is -2.04. The van der Waals surface area contributed by atoms with E-state index < -0.39 is 23.7 Å². The van der Waals surface area contributed by atoms with Crippen LogP contribution in [-0.4, -0.2) is 28.7 Å². The average Bonchev–Trinajstić information content (AvgIpc) is 2.39. The number of nitrogens with one attached hydrogen (secondary N) is 1. The van der Waals surface area contributed by atoms with Crippen molar-refractivity contribution < 1.29 is 19.1 Å². The molecule has 5 nitrogen and oxygen atoms in total. The number of carboxylic acid groups (broad SMARTS) is 1. The van der Waals surface area contributed by atoms with E-state index >= 15 is 0 Å². The van der Waals surface area contributed by atoms with Crippen LogP contribution in [0, 0.1) is 5.82 Å². The Morgan fingerprint density at radius 1 is 1.56 bits per heavy atom. The van der Waals surface area contributed by atoms with E-state index in [-0.39, 0.29) is 6.42 Å². The van der Waals surface area contributed by atoms with Gasteiger partial charge in [-0.1, -0.05) is 0 Å². The molecule has 0 fully saturated rings. The molecule has 0 aromatic heterocycles. The van der Waals surface area contributed by atoms with Crippen molar-refractivity contribution in [1.29, 1.82) is 0 Å². The Bertz CT molecular complexity index is 554. The lowest BCUT2D eigenvalue weighted by molar-refractivity contribution is -0.138. The predicted molar refractivity (Wildman–Crippen MR) is 63.3 cm³/mol. The Kier molecular flexibility index (Phi) is 3.10. The van der Waals surface area contributed by atoms with E-state index in [0.29, 0.717) is 17.0 Å². The first-order valence-corrected chi connectivity index (χ1v) is 5.34. The number of halogens is 1. The van der Waals surface area contributed by atoms with E-state index in [2.05, 4.69) is 10.3 Å². The third kappa shape index (κ3) is 2.37. The minimum Gasteiger partial charge on any atom is -0.481 e. The summed E-state index contributed by atoms with van der Waals surface area (Å²) in [5, 5.41) is 11.3. The Morgan fingerprint density at radius 2 is 2.28 bits per heavy atom. The van der Waals surface area contributed by atoms with Crippen molar-refractivity contribution in [2.75, 3.05) is 5.32 Å². The normalized spacial score (nSPS) is 18.4. The third-order valence-electron chi connectivity index (χ3n) is 2.65. The fourth-order valence-corrected chi connectivity index (χ4v) is 1.81. The smallest absolute Gasteiger partial charge is 0.306 e. The van der Waals surface area contributed by atoms with Crippen molar-refractivity contribution in [2.45, 2.75) is 19.4 Å². The molecule has 2 N–H and O–H groups in total. The van der Waals surface area contributed by atoms with Crippen LogP contribution in [0.4, 0.5) is 10.1 Å². The van der Waals surface area contributed by atoms with Crippen molar-refractivity contribution in [3.63, 3.8) is 0 Å². The molecule has 0 bridgehead atoms. The van der Waals surface area contributed by atoms with Gasteiger partial charge < -0.3 is 10.4 Å². The summed E-state index contributed by atoms with van der Waals surface area (Å²) in [6.45, 7) is 1.62. The number of carbonyl (C=O) groups is 2. The van der Waals surface area contributed by atoms with Crippen LogP contribution in [0.1, 0.15) is 18.9 Å². The van der Waals surface area contributed by atoms with E-state index in [9.17, 15) is 14.0 Å². The Morgan fingerprint density at radius 3 is 2.94 bits per heavy atom. The molecule has 1 heterocycles. The van der Waals surface area contributed by atoms with Crippen LogP contribution in [0.25, 0.3) is 0 Å². The number of carbonyl (C=O) groups excluding carboxylic acids is 1. The molecule has 1 aliphatic rings. The van der Waals surface area contributed by atoms with Crippen LogP contribution >= 0.6 is 0 Å². The number of rotatable bonds is 2. The zero-order chi connectivity index (χ0) is 13.3. The second kappa shape index (κ2) is 4.56. The molecule has 0 aliphatic carbocycles. The van der Waals surface area contributed by atoms with Crippen molar-refractivity contribution in [3.8, 4) is 0 Å². The molecule has 94 valence electrons. The molecule has 6 heteroatoms. The first-order chi connectivity index (χ1) is 8.47. The molecule has 1 atom stereocenters. The number of aliphatic carboxylic acids is 1. The number of amides is 1.